The van der Waals surface area contributed by atoms with Gasteiger partial charge in [0.15, 0.2) is 0 Å². The van der Waals surface area contributed by atoms with Crippen molar-refractivity contribution in [2.24, 2.45) is 0 Å². The summed E-state index contributed by atoms with van der Waals surface area (Å²) < 4.78 is 27.7. The first-order valence-corrected chi connectivity index (χ1v) is 8.62. The minimum atomic E-state index is -3.34. The molecule has 1 atom stereocenters. The summed E-state index contributed by atoms with van der Waals surface area (Å²) in [6.45, 7) is 0.610. The molecule has 0 spiro atoms. The predicted molar refractivity (Wildman–Crippen MR) is 82.1 cm³/mol. The number of benzene rings is 1. The highest BCUT2D eigenvalue weighted by Crippen LogP contribution is 2.25. The first kappa shape index (κ1) is 15.8. The van der Waals surface area contributed by atoms with Crippen LogP contribution in [0, 0.1) is 0 Å². The summed E-state index contributed by atoms with van der Waals surface area (Å²) >= 11 is 5.88. The monoisotopic (exact) mass is 316 g/mol. The van der Waals surface area contributed by atoms with Crippen LogP contribution in [0.1, 0.15) is 24.8 Å². The lowest BCUT2D eigenvalue weighted by Crippen LogP contribution is -2.49. The van der Waals surface area contributed by atoms with Gasteiger partial charge in [0.25, 0.3) is 10.2 Å². The molecule has 20 heavy (non-hydrogen) atoms. The second-order valence-electron chi connectivity index (χ2n) is 5.38. The Bertz CT molecular complexity index is 543. The summed E-state index contributed by atoms with van der Waals surface area (Å²) in [7, 11) is -0.164. The third-order valence-electron chi connectivity index (χ3n) is 3.72. The molecule has 0 amide bonds. The van der Waals surface area contributed by atoms with Gasteiger partial charge in [0.05, 0.1) is 0 Å². The maximum atomic E-state index is 12.4. The second kappa shape index (κ2) is 6.43. The molecule has 0 radical (unpaired) electrons. The molecule has 2 rings (SSSR count). The normalized spacial score (nSPS) is 21.3. The van der Waals surface area contributed by atoms with Crippen LogP contribution >= 0.6 is 11.6 Å². The average Bonchev–Trinajstić information content (AvgIpc) is 2.41. The van der Waals surface area contributed by atoms with Gasteiger partial charge in [0, 0.05) is 31.7 Å². The van der Waals surface area contributed by atoms with E-state index in [1.165, 1.54) is 4.31 Å². The molecule has 1 aliphatic heterocycles. The fraction of sp³-hybridized carbons (Fsp3) is 0.571. The molecule has 1 heterocycles. The number of piperidine rings is 1. The Morgan fingerprint density at radius 3 is 2.50 bits per heavy atom. The van der Waals surface area contributed by atoms with Gasteiger partial charge in [0.2, 0.25) is 0 Å². The van der Waals surface area contributed by atoms with Gasteiger partial charge in [-0.3, -0.25) is 0 Å². The van der Waals surface area contributed by atoms with Crippen LogP contribution in [-0.2, 0) is 16.6 Å². The molecule has 1 aliphatic rings. The molecule has 0 N–H and O–H groups in total. The second-order valence-corrected chi connectivity index (χ2v) is 7.91. The van der Waals surface area contributed by atoms with Gasteiger partial charge in [-0.15, -0.1) is 0 Å². The van der Waals surface area contributed by atoms with Crippen LogP contribution in [0.4, 0.5) is 0 Å². The topological polar surface area (TPSA) is 40.6 Å². The van der Waals surface area contributed by atoms with E-state index in [9.17, 15) is 8.42 Å². The van der Waals surface area contributed by atoms with Crippen molar-refractivity contribution >= 4 is 21.8 Å². The number of hydrogen-bond acceptors (Lipinski definition) is 2. The summed E-state index contributed by atoms with van der Waals surface area (Å²) in [5.74, 6) is 0. The molecular formula is C14H21ClN2O2S. The van der Waals surface area contributed by atoms with Gasteiger partial charge < -0.3 is 0 Å². The third-order valence-corrected chi connectivity index (χ3v) is 5.96. The Labute approximate surface area is 126 Å². The zero-order valence-electron chi connectivity index (χ0n) is 11.9. The summed E-state index contributed by atoms with van der Waals surface area (Å²) in [5, 5.41) is 0.704. The molecule has 1 saturated heterocycles. The largest absolute Gasteiger partial charge is 0.281 e. The van der Waals surface area contributed by atoms with Gasteiger partial charge in [0.1, 0.15) is 0 Å². The molecule has 0 aromatic heterocycles. The molecular weight excluding hydrogens is 296 g/mol. The van der Waals surface area contributed by atoms with Gasteiger partial charge in [-0.25, -0.2) is 0 Å². The predicted octanol–water partition coefficient (Wildman–Crippen LogP) is 2.54. The first-order valence-electron chi connectivity index (χ1n) is 6.85. The van der Waals surface area contributed by atoms with Crippen molar-refractivity contribution in [3.05, 3.63) is 34.9 Å². The summed E-state index contributed by atoms with van der Waals surface area (Å²) in [6.07, 6.45) is 3.67. The average molecular weight is 317 g/mol. The van der Waals surface area contributed by atoms with Crippen LogP contribution < -0.4 is 0 Å². The zero-order chi connectivity index (χ0) is 14.8. The molecule has 1 fully saturated rings. The molecule has 1 aromatic rings. The Kier molecular flexibility index (Phi) is 5.07. The van der Waals surface area contributed by atoms with Crippen molar-refractivity contribution in [2.45, 2.75) is 31.7 Å². The van der Waals surface area contributed by atoms with E-state index in [4.69, 9.17) is 11.6 Å². The maximum absolute atomic E-state index is 12.4. The zero-order valence-corrected chi connectivity index (χ0v) is 13.5. The SMILES string of the molecule is CN(C)S(=O)(=O)N1CCCCC1Cc1ccc(Cl)cc1. The van der Waals surface area contributed by atoms with Crippen LogP contribution in [-0.4, -0.2) is 43.7 Å². The van der Waals surface area contributed by atoms with Gasteiger partial charge in [-0.1, -0.05) is 30.2 Å². The standard InChI is InChI=1S/C14H21ClN2O2S/c1-16(2)20(18,19)17-10-4-3-5-14(17)11-12-6-8-13(15)9-7-12/h6-9,14H,3-5,10-11H2,1-2H3. The molecule has 4 nitrogen and oxygen atoms in total. The summed E-state index contributed by atoms with van der Waals surface area (Å²) in [6, 6.07) is 7.68. The van der Waals surface area contributed by atoms with E-state index < -0.39 is 10.2 Å². The Morgan fingerprint density at radius 2 is 1.90 bits per heavy atom. The summed E-state index contributed by atoms with van der Waals surface area (Å²) in [4.78, 5) is 0. The molecule has 112 valence electrons. The molecule has 1 aromatic carbocycles. The van der Waals surface area contributed by atoms with Crippen molar-refractivity contribution in [3.63, 3.8) is 0 Å². The highest BCUT2D eigenvalue weighted by molar-refractivity contribution is 7.86. The molecule has 0 saturated carbocycles. The fourth-order valence-corrected chi connectivity index (χ4v) is 4.05. The number of hydrogen-bond donors (Lipinski definition) is 0. The van der Waals surface area contributed by atoms with E-state index in [0.29, 0.717) is 11.6 Å². The summed E-state index contributed by atoms with van der Waals surface area (Å²) in [5.41, 5.74) is 1.13. The van der Waals surface area contributed by atoms with E-state index in [2.05, 4.69) is 0 Å². The van der Waals surface area contributed by atoms with Crippen LogP contribution in [0.5, 0.6) is 0 Å². The number of halogens is 1. The Balaban J connectivity index is 2.17. The lowest BCUT2D eigenvalue weighted by atomic mass is 9.98. The number of rotatable bonds is 4. The fourth-order valence-electron chi connectivity index (χ4n) is 2.58. The van der Waals surface area contributed by atoms with Crippen molar-refractivity contribution in [1.29, 1.82) is 0 Å². The van der Waals surface area contributed by atoms with Gasteiger partial charge in [-0.2, -0.15) is 17.0 Å². The Morgan fingerprint density at radius 1 is 1.25 bits per heavy atom. The van der Waals surface area contributed by atoms with Crippen molar-refractivity contribution in [2.75, 3.05) is 20.6 Å². The lowest BCUT2D eigenvalue weighted by molar-refractivity contribution is 0.238. The van der Waals surface area contributed by atoms with Crippen molar-refractivity contribution < 1.29 is 8.42 Å². The molecule has 1 unspecified atom stereocenters. The van der Waals surface area contributed by atoms with Crippen LogP contribution in [0.2, 0.25) is 5.02 Å². The third kappa shape index (κ3) is 3.52. The van der Waals surface area contributed by atoms with Crippen LogP contribution in [0.15, 0.2) is 24.3 Å². The van der Waals surface area contributed by atoms with E-state index >= 15 is 0 Å². The smallest absolute Gasteiger partial charge is 0.195 e. The van der Waals surface area contributed by atoms with Crippen LogP contribution in [0.25, 0.3) is 0 Å². The van der Waals surface area contributed by atoms with Gasteiger partial charge >= 0.3 is 0 Å². The van der Waals surface area contributed by atoms with E-state index in [-0.39, 0.29) is 6.04 Å². The highest BCUT2D eigenvalue weighted by atomic mass is 35.5. The quantitative estimate of drug-likeness (QED) is 0.856. The van der Waals surface area contributed by atoms with Crippen molar-refractivity contribution in [1.82, 2.24) is 8.61 Å². The van der Waals surface area contributed by atoms with E-state index in [0.717, 1.165) is 31.2 Å². The van der Waals surface area contributed by atoms with E-state index in [1.807, 2.05) is 24.3 Å². The Hall–Kier alpha value is -0.620. The van der Waals surface area contributed by atoms with Crippen LogP contribution in [0.3, 0.4) is 0 Å². The molecule has 6 heteroatoms. The van der Waals surface area contributed by atoms with Gasteiger partial charge in [-0.05, 0) is 37.0 Å². The lowest BCUT2D eigenvalue weighted by Gasteiger charge is -2.36. The van der Waals surface area contributed by atoms with Crippen molar-refractivity contribution in [3.8, 4) is 0 Å². The minimum Gasteiger partial charge on any atom is -0.195 e. The number of nitrogens with zero attached hydrogens (tertiary/aromatic N) is 2. The first-order chi connectivity index (χ1) is 9.41. The molecule has 0 aliphatic carbocycles. The molecule has 0 bridgehead atoms. The van der Waals surface area contributed by atoms with E-state index in [1.54, 1.807) is 18.4 Å². The highest BCUT2D eigenvalue weighted by Gasteiger charge is 2.33. The maximum Gasteiger partial charge on any atom is 0.281 e. The minimum absolute atomic E-state index is 0.0392.